The zero-order valence-electron chi connectivity index (χ0n) is 11.0. The van der Waals surface area contributed by atoms with Gasteiger partial charge in [-0.05, 0) is 33.0 Å². The third kappa shape index (κ3) is 2.52. The molecule has 1 atom stereocenters. The minimum atomic E-state index is 0.215. The van der Waals surface area contributed by atoms with Crippen LogP contribution in [0.5, 0.6) is 5.75 Å². The van der Waals surface area contributed by atoms with Crippen molar-refractivity contribution in [3.8, 4) is 16.3 Å². The lowest BCUT2D eigenvalue weighted by atomic mass is 10.1. The second kappa shape index (κ2) is 5.46. The molecule has 18 heavy (non-hydrogen) atoms. The van der Waals surface area contributed by atoms with E-state index in [0.29, 0.717) is 0 Å². The number of aromatic nitrogens is 2. The Bertz CT molecular complexity index is 539. The molecule has 0 aliphatic rings. The molecule has 0 aliphatic heterocycles. The maximum atomic E-state index is 5.37. The number of hydrogen-bond donors (Lipinski definition) is 1. The summed E-state index contributed by atoms with van der Waals surface area (Å²) < 4.78 is 5.37. The fourth-order valence-electron chi connectivity index (χ4n) is 1.63. The molecule has 1 N–H and O–H groups in total. The van der Waals surface area contributed by atoms with E-state index in [2.05, 4.69) is 35.4 Å². The molecule has 1 unspecified atom stereocenters. The topological polar surface area (TPSA) is 47.0 Å². The lowest BCUT2D eigenvalue weighted by molar-refractivity contribution is 0.416. The van der Waals surface area contributed by atoms with Gasteiger partial charge in [0.15, 0.2) is 5.01 Å². The molecule has 5 heteroatoms. The number of ether oxygens (including phenoxy) is 1. The fourth-order valence-corrected chi connectivity index (χ4v) is 2.56. The summed E-state index contributed by atoms with van der Waals surface area (Å²) in [6, 6.07) is 6.29. The van der Waals surface area contributed by atoms with Crippen molar-refractivity contribution in [2.75, 3.05) is 14.2 Å². The number of aryl methyl sites for hydroxylation is 1. The Balaban J connectivity index is 2.42. The van der Waals surface area contributed by atoms with Crippen molar-refractivity contribution in [2.24, 2.45) is 0 Å². The second-order valence-electron chi connectivity index (χ2n) is 4.16. The third-order valence-corrected chi connectivity index (χ3v) is 3.97. The predicted molar refractivity (Wildman–Crippen MR) is 74.1 cm³/mol. The monoisotopic (exact) mass is 263 g/mol. The van der Waals surface area contributed by atoms with Gasteiger partial charge in [-0.15, -0.1) is 10.2 Å². The molecular weight excluding hydrogens is 246 g/mol. The normalized spacial score (nSPS) is 12.4. The highest BCUT2D eigenvalue weighted by Gasteiger charge is 2.14. The standard InChI is InChI=1S/C13H17N3OS/c1-8-5-6-11(17-4)10(7-8)13-16-15-12(18-13)9(2)14-3/h5-7,9,14H,1-4H3. The van der Waals surface area contributed by atoms with Crippen molar-refractivity contribution >= 4 is 11.3 Å². The lowest BCUT2D eigenvalue weighted by Gasteiger charge is -2.06. The van der Waals surface area contributed by atoms with Gasteiger partial charge in [-0.2, -0.15) is 0 Å². The molecule has 4 nitrogen and oxygen atoms in total. The van der Waals surface area contributed by atoms with Gasteiger partial charge in [0.25, 0.3) is 0 Å². The molecule has 2 aromatic rings. The van der Waals surface area contributed by atoms with E-state index in [0.717, 1.165) is 21.3 Å². The van der Waals surface area contributed by atoms with E-state index in [4.69, 9.17) is 4.74 Å². The van der Waals surface area contributed by atoms with Crippen molar-refractivity contribution in [1.29, 1.82) is 0 Å². The van der Waals surface area contributed by atoms with Gasteiger partial charge in [0.2, 0.25) is 0 Å². The molecule has 1 aromatic carbocycles. The average Bonchev–Trinajstić information content (AvgIpc) is 2.87. The molecule has 0 radical (unpaired) electrons. The molecule has 2 rings (SSSR count). The molecule has 96 valence electrons. The Kier molecular flexibility index (Phi) is 3.93. The van der Waals surface area contributed by atoms with E-state index in [1.54, 1.807) is 18.4 Å². The van der Waals surface area contributed by atoms with E-state index in [1.807, 2.05) is 19.2 Å². The Labute approximate surface area is 111 Å². The van der Waals surface area contributed by atoms with Crippen LogP contribution in [0.25, 0.3) is 10.6 Å². The summed E-state index contributed by atoms with van der Waals surface area (Å²) >= 11 is 1.59. The van der Waals surface area contributed by atoms with Crippen molar-refractivity contribution in [1.82, 2.24) is 15.5 Å². The summed E-state index contributed by atoms with van der Waals surface area (Å²) in [5, 5.41) is 13.5. The minimum absolute atomic E-state index is 0.215. The molecule has 0 amide bonds. The van der Waals surface area contributed by atoms with Crippen LogP contribution in [0.3, 0.4) is 0 Å². The summed E-state index contributed by atoms with van der Waals surface area (Å²) in [5.41, 5.74) is 2.19. The highest BCUT2D eigenvalue weighted by molar-refractivity contribution is 7.14. The molecule has 0 saturated carbocycles. The van der Waals surface area contributed by atoms with Gasteiger partial charge in [-0.25, -0.2) is 0 Å². The summed E-state index contributed by atoms with van der Waals surface area (Å²) in [6.07, 6.45) is 0. The molecular formula is C13H17N3OS. The van der Waals surface area contributed by atoms with E-state index < -0.39 is 0 Å². The van der Waals surface area contributed by atoms with Crippen LogP contribution in [-0.4, -0.2) is 24.4 Å². The molecule has 0 saturated heterocycles. The third-order valence-electron chi connectivity index (χ3n) is 2.83. The Hall–Kier alpha value is -1.46. The fraction of sp³-hybridized carbons (Fsp3) is 0.385. The predicted octanol–water partition coefficient (Wildman–Crippen LogP) is 2.80. The van der Waals surface area contributed by atoms with Crippen molar-refractivity contribution < 1.29 is 4.74 Å². The van der Waals surface area contributed by atoms with Crippen LogP contribution in [-0.2, 0) is 0 Å². The number of rotatable bonds is 4. The van der Waals surface area contributed by atoms with E-state index >= 15 is 0 Å². The first kappa shape index (κ1) is 13.0. The van der Waals surface area contributed by atoms with Gasteiger partial charge in [-0.1, -0.05) is 23.0 Å². The minimum Gasteiger partial charge on any atom is -0.496 e. The first-order chi connectivity index (χ1) is 8.65. The quantitative estimate of drug-likeness (QED) is 0.921. The van der Waals surface area contributed by atoms with Crippen molar-refractivity contribution in [2.45, 2.75) is 19.9 Å². The smallest absolute Gasteiger partial charge is 0.151 e. The van der Waals surface area contributed by atoms with Crippen LogP contribution >= 0.6 is 11.3 Å². The first-order valence-corrected chi connectivity index (χ1v) is 6.63. The number of nitrogens with zero attached hydrogens (tertiary/aromatic N) is 2. The Morgan fingerprint density at radius 2 is 2.11 bits per heavy atom. The Morgan fingerprint density at radius 3 is 2.78 bits per heavy atom. The molecule has 1 aromatic heterocycles. The summed E-state index contributed by atoms with van der Waals surface area (Å²) in [6.45, 7) is 4.12. The van der Waals surface area contributed by atoms with Gasteiger partial charge in [-0.3, -0.25) is 0 Å². The van der Waals surface area contributed by atoms with Crippen LogP contribution in [0.1, 0.15) is 23.5 Å². The average molecular weight is 263 g/mol. The maximum absolute atomic E-state index is 5.37. The van der Waals surface area contributed by atoms with Gasteiger partial charge < -0.3 is 10.1 Å². The first-order valence-electron chi connectivity index (χ1n) is 5.81. The Morgan fingerprint density at radius 1 is 1.33 bits per heavy atom. The number of hydrogen-bond acceptors (Lipinski definition) is 5. The van der Waals surface area contributed by atoms with Crippen LogP contribution in [0.15, 0.2) is 18.2 Å². The van der Waals surface area contributed by atoms with Crippen LogP contribution < -0.4 is 10.1 Å². The van der Waals surface area contributed by atoms with Gasteiger partial charge in [0.05, 0.1) is 18.7 Å². The van der Waals surface area contributed by atoms with Gasteiger partial charge >= 0.3 is 0 Å². The lowest BCUT2D eigenvalue weighted by Crippen LogP contribution is -2.11. The van der Waals surface area contributed by atoms with Crippen LogP contribution in [0, 0.1) is 6.92 Å². The maximum Gasteiger partial charge on any atom is 0.151 e. The van der Waals surface area contributed by atoms with Gasteiger partial charge in [0, 0.05) is 0 Å². The second-order valence-corrected chi connectivity index (χ2v) is 5.17. The molecule has 0 bridgehead atoms. The van der Waals surface area contributed by atoms with Crippen LogP contribution in [0.2, 0.25) is 0 Å². The number of benzene rings is 1. The molecule has 1 heterocycles. The molecule has 0 spiro atoms. The van der Waals surface area contributed by atoms with E-state index in [-0.39, 0.29) is 6.04 Å². The summed E-state index contributed by atoms with van der Waals surface area (Å²) in [7, 11) is 3.59. The van der Waals surface area contributed by atoms with Gasteiger partial charge in [0.1, 0.15) is 10.8 Å². The molecule has 0 fully saturated rings. The zero-order chi connectivity index (χ0) is 13.1. The summed E-state index contributed by atoms with van der Waals surface area (Å²) in [4.78, 5) is 0. The van der Waals surface area contributed by atoms with Crippen LogP contribution in [0.4, 0.5) is 0 Å². The van der Waals surface area contributed by atoms with E-state index in [9.17, 15) is 0 Å². The zero-order valence-corrected chi connectivity index (χ0v) is 11.8. The molecule has 0 aliphatic carbocycles. The van der Waals surface area contributed by atoms with E-state index in [1.165, 1.54) is 5.56 Å². The summed E-state index contributed by atoms with van der Waals surface area (Å²) in [5.74, 6) is 0.834. The SMILES string of the molecule is CNC(C)c1nnc(-c2cc(C)ccc2OC)s1. The number of nitrogens with one attached hydrogen (secondary N) is 1. The number of methoxy groups -OCH3 is 1. The highest BCUT2D eigenvalue weighted by atomic mass is 32.1. The van der Waals surface area contributed by atoms with Crippen molar-refractivity contribution in [3.05, 3.63) is 28.8 Å². The largest absolute Gasteiger partial charge is 0.496 e. The highest BCUT2D eigenvalue weighted by Crippen LogP contribution is 2.34. The van der Waals surface area contributed by atoms with Crippen molar-refractivity contribution in [3.63, 3.8) is 0 Å².